The third-order valence-corrected chi connectivity index (χ3v) is 5.56. The van der Waals surface area contributed by atoms with E-state index in [1.54, 1.807) is 0 Å². The molecule has 3 heterocycles. The summed E-state index contributed by atoms with van der Waals surface area (Å²) in [6, 6.07) is 14.3. The van der Waals surface area contributed by atoms with Crippen LogP contribution in [0.4, 0.5) is 0 Å². The van der Waals surface area contributed by atoms with Gasteiger partial charge < -0.3 is 15.5 Å². The number of nitrogens with zero attached hydrogens (tertiary/aromatic N) is 2. The van der Waals surface area contributed by atoms with Gasteiger partial charge in [-0.05, 0) is 75.4 Å². The Morgan fingerprint density at radius 1 is 0.906 bits per heavy atom. The number of aromatic nitrogens is 2. The van der Waals surface area contributed by atoms with Gasteiger partial charge in [0.05, 0.1) is 5.69 Å². The zero-order chi connectivity index (χ0) is 22.6. The number of hydrogen-bond donors (Lipinski definition) is 2. The highest BCUT2D eigenvalue weighted by molar-refractivity contribution is 6.05. The van der Waals surface area contributed by atoms with Crippen LogP contribution in [0.25, 0.3) is 21.9 Å². The van der Waals surface area contributed by atoms with Crippen LogP contribution in [-0.2, 0) is 19.4 Å². The lowest BCUT2D eigenvalue weighted by Gasteiger charge is -2.12. The van der Waals surface area contributed by atoms with Crippen LogP contribution in [0, 0.1) is 0 Å². The smallest absolute Gasteiger partial charge is 0.158 e. The fraction of sp³-hybridized carbons (Fsp3) is 0.407. The Bertz CT molecular complexity index is 1060. The third-order valence-electron chi connectivity index (χ3n) is 5.56. The van der Waals surface area contributed by atoms with Crippen molar-refractivity contribution < 1.29 is 4.42 Å². The lowest BCUT2D eigenvalue weighted by molar-refractivity contribution is 0.608. The summed E-state index contributed by atoms with van der Waals surface area (Å²) >= 11 is 0. The lowest BCUT2D eigenvalue weighted by atomic mass is 9.96. The molecule has 32 heavy (non-hydrogen) atoms. The molecule has 3 N–H and O–H groups in total. The first-order chi connectivity index (χ1) is 15.9. The van der Waals surface area contributed by atoms with E-state index < -0.39 is 0 Å². The monoisotopic (exact) mass is 432 g/mol. The molecule has 1 aromatic carbocycles. The van der Waals surface area contributed by atoms with Crippen molar-refractivity contribution in [2.75, 3.05) is 13.1 Å². The van der Waals surface area contributed by atoms with Crippen LogP contribution in [0.1, 0.15) is 56.5 Å². The Morgan fingerprint density at radius 2 is 1.75 bits per heavy atom. The number of nitrogens with one attached hydrogen (secondary N) is 1. The molecule has 5 heteroatoms. The molecular formula is C27H36N4O. The zero-order valence-electron chi connectivity index (χ0n) is 19.4. The van der Waals surface area contributed by atoms with Crippen molar-refractivity contribution in [1.29, 1.82) is 0 Å². The molecule has 0 fully saturated rings. The quantitative estimate of drug-likeness (QED) is 0.377. The van der Waals surface area contributed by atoms with E-state index in [1.807, 2.05) is 56.6 Å². The molecule has 0 bridgehead atoms. The van der Waals surface area contributed by atoms with E-state index in [4.69, 9.17) is 10.2 Å². The summed E-state index contributed by atoms with van der Waals surface area (Å²) in [6.07, 6.45) is 11.0. The van der Waals surface area contributed by atoms with Gasteiger partial charge in [-0.2, -0.15) is 0 Å². The van der Waals surface area contributed by atoms with Crippen molar-refractivity contribution in [3.63, 3.8) is 0 Å². The molecule has 170 valence electrons. The molecule has 1 aliphatic carbocycles. The number of fused-ring (bicyclic) bond motifs is 4. The largest absolute Gasteiger partial charge is 0.454 e. The minimum atomic E-state index is 0.724. The molecule has 0 spiro atoms. The molecule has 0 saturated carbocycles. The van der Waals surface area contributed by atoms with Crippen molar-refractivity contribution in [3.8, 4) is 0 Å². The zero-order valence-corrected chi connectivity index (χ0v) is 19.4. The molecule has 0 amide bonds. The second kappa shape index (κ2) is 12.9. The molecule has 0 radical (unpaired) electrons. The summed E-state index contributed by atoms with van der Waals surface area (Å²) < 4.78 is 5.94. The van der Waals surface area contributed by atoms with Crippen molar-refractivity contribution >= 4 is 21.9 Å². The van der Waals surface area contributed by atoms with Crippen LogP contribution in [-0.4, -0.2) is 23.1 Å². The summed E-state index contributed by atoms with van der Waals surface area (Å²) in [5.74, 6) is 0. The highest BCUT2D eigenvalue weighted by atomic mass is 16.3. The van der Waals surface area contributed by atoms with E-state index in [-0.39, 0.29) is 0 Å². The Kier molecular flexibility index (Phi) is 9.66. The van der Waals surface area contributed by atoms with Crippen molar-refractivity contribution in [3.05, 3.63) is 71.8 Å². The van der Waals surface area contributed by atoms with Crippen molar-refractivity contribution in [2.45, 2.75) is 58.9 Å². The average Bonchev–Trinajstić information content (AvgIpc) is 3.25. The van der Waals surface area contributed by atoms with Gasteiger partial charge in [-0.3, -0.25) is 9.97 Å². The van der Waals surface area contributed by atoms with Crippen molar-refractivity contribution in [2.24, 2.45) is 5.73 Å². The van der Waals surface area contributed by atoms with Crippen LogP contribution in [0.3, 0.4) is 0 Å². The van der Waals surface area contributed by atoms with Crippen LogP contribution in [0.15, 0.2) is 59.3 Å². The van der Waals surface area contributed by atoms with E-state index >= 15 is 0 Å². The Morgan fingerprint density at radius 3 is 2.59 bits per heavy atom. The molecule has 0 saturated heterocycles. The first kappa shape index (κ1) is 23.9. The normalized spacial score (nSPS) is 12.5. The minimum Gasteiger partial charge on any atom is -0.454 e. The number of rotatable bonds is 6. The predicted molar refractivity (Wildman–Crippen MR) is 134 cm³/mol. The Labute approximate surface area is 191 Å². The number of hydrogen-bond acceptors (Lipinski definition) is 5. The lowest BCUT2D eigenvalue weighted by Crippen LogP contribution is -2.16. The summed E-state index contributed by atoms with van der Waals surface area (Å²) in [4.78, 5) is 8.76. The van der Waals surface area contributed by atoms with Gasteiger partial charge in [0.25, 0.3) is 0 Å². The minimum absolute atomic E-state index is 0.724. The Balaban J connectivity index is 0.000000201. The number of benzene rings is 1. The van der Waals surface area contributed by atoms with E-state index in [0.29, 0.717) is 0 Å². The maximum atomic E-state index is 5.94. The molecule has 4 aromatic rings. The maximum absolute atomic E-state index is 5.94. The van der Waals surface area contributed by atoms with Crippen LogP contribution in [0.2, 0.25) is 0 Å². The van der Waals surface area contributed by atoms with Gasteiger partial charge in [-0.1, -0.05) is 38.1 Å². The maximum Gasteiger partial charge on any atom is 0.158 e. The molecule has 5 rings (SSSR count). The molecular weight excluding hydrogens is 396 g/mol. The first-order valence-corrected chi connectivity index (χ1v) is 12.0. The highest BCUT2D eigenvalue weighted by Crippen LogP contribution is 2.29. The van der Waals surface area contributed by atoms with E-state index in [1.165, 1.54) is 36.9 Å². The first-order valence-electron chi connectivity index (χ1n) is 12.0. The van der Waals surface area contributed by atoms with Crippen LogP contribution >= 0.6 is 0 Å². The fourth-order valence-corrected chi connectivity index (χ4v) is 3.96. The van der Waals surface area contributed by atoms with E-state index in [2.05, 4.69) is 27.4 Å². The second-order valence-electron chi connectivity index (χ2n) is 7.72. The van der Waals surface area contributed by atoms with Gasteiger partial charge in [0.15, 0.2) is 5.58 Å². The van der Waals surface area contributed by atoms with Gasteiger partial charge in [-0.15, -0.1) is 0 Å². The standard InChI is InChI=1S/C16H19N3O.C9H11N.C2H6/c17-8-3-4-9-18-11-14-16-13(7-10-19-14)12-5-1-2-6-15(12)20-16;1-2-6-9-8(4-1)5-3-7-10-9;1-2/h1-2,5-7,10,18H,3-4,8-9,11,17H2;3,5,7H,1-2,4,6H2;1-2H3. The predicted octanol–water partition coefficient (Wildman–Crippen LogP) is 5.80. The fourth-order valence-electron chi connectivity index (χ4n) is 3.96. The van der Waals surface area contributed by atoms with Crippen LogP contribution < -0.4 is 11.1 Å². The summed E-state index contributed by atoms with van der Waals surface area (Å²) in [5.41, 5.74) is 11.0. The number of unbranched alkanes of at least 4 members (excludes halogenated alkanes) is 1. The molecule has 3 aromatic heterocycles. The van der Waals surface area contributed by atoms with Gasteiger partial charge in [0.1, 0.15) is 5.58 Å². The van der Waals surface area contributed by atoms with Gasteiger partial charge in [0, 0.05) is 35.4 Å². The highest BCUT2D eigenvalue weighted by Gasteiger charge is 2.10. The molecule has 0 atom stereocenters. The van der Waals surface area contributed by atoms with Crippen molar-refractivity contribution in [1.82, 2.24) is 15.3 Å². The number of pyridine rings is 2. The number of furan rings is 1. The summed E-state index contributed by atoms with van der Waals surface area (Å²) in [5, 5.41) is 5.68. The molecule has 5 nitrogen and oxygen atoms in total. The summed E-state index contributed by atoms with van der Waals surface area (Å²) in [7, 11) is 0. The SMILES string of the molecule is CC.NCCCCNCc1nccc2c1oc1ccccc12.c1cnc2c(c1)CCCC2. The molecule has 0 unspecified atom stereocenters. The van der Waals surface area contributed by atoms with Gasteiger partial charge in [0.2, 0.25) is 0 Å². The average molecular weight is 433 g/mol. The second-order valence-corrected chi connectivity index (χ2v) is 7.72. The number of para-hydroxylation sites is 1. The van der Waals surface area contributed by atoms with E-state index in [0.717, 1.165) is 60.1 Å². The Hall–Kier alpha value is -2.76. The molecule has 0 aliphatic heterocycles. The van der Waals surface area contributed by atoms with Gasteiger partial charge in [-0.25, -0.2) is 0 Å². The third kappa shape index (κ3) is 6.15. The number of aryl methyl sites for hydroxylation is 2. The van der Waals surface area contributed by atoms with Gasteiger partial charge >= 0.3 is 0 Å². The number of nitrogens with two attached hydrogens (primary N) is 1. The molecule has 1 aliphatic rings. The van der Waals surface area contributed by atoms with Crippen LogP contribution in [0.5, 0.6) is 0 Å². The topological polar surface area (TPSA) is 77.0 Å². The summed E-state index contributed by atoms with van der Waals surface area (Å²) in [6.45, 7) is 6.43. The van der Waals surface area contributed by atoms with E-state index in [9.17, 15) is 0 Å².